The minimum absolute atomic E-state index is 0.298. The first-order chi connectivity index (χ1) is 15.6. The highest BCUT2D eigenvalue weighted by atomic mass is 35.5. The zero-order valence-corrected chi connectivity index (χ0v) is 21.1. The van der Waals surface area contributed by atoms with Gasteiger partial charge in [0.05, 0.1) is 31.0 Å². The molecule has 1 aromatic heterocycles. The summed E-state index contributed by atoms with van der Waals surface area (Å²) in [6.07, 6.45) is 5.35. The molecule has 33 heavy (non-hydrogen) atoms. The molecule has 7 nitrogen and oxygen atoms in total. The number of hydrogen-bond donors (Lipinski definition) is 0. The second kappa shape index (κ2) is 9.63. The Balaban J connectivity index is 1.62. The Hall–Kier alpha value is -2.12. The molecule has 0 bridgehead atoms. The standard InChI is InChI=1S/C25H35ClN4O3/c1-6-16(2)32-20-10-7-17(8-11-20)23-28-27-22-15-29(24(31)33-25(3,4)5)14-18-13-19(26)9-12-21(18)30(22)23/h9,12-13,16-17,20H,6-8,10-11,14-15H2,1-5H3/t16?,17-,20-. The van der Waals surface area contributed by atoms with Gasteiger partial charge in [-0.1, -0.05) is 18.5 Å². The largest absolute Gasteiger partial charge is 0.444 e. The number of aromatic nitrogens is 3. The van der Waals surface area contributed by atoms with Crippen LogP contribution in [0.2, 0.25) is 5.02 Å². The summed E-state index contributed by atoms with van der Waals surface area (Å²) in [5.41, 5.74) is 1.37. The van der Waals surface area contributed by atoms with Crippen LogP contribution in [0.4, 0.5) is 4.79 Å². The van der Waals surface area contributed by atoms with Gasteiger partial charge in [0, 0.05) is 10.9 Å². The topological polar surface area (TPSA) is 69.5 Å². The maximum atomic E-state index is 12.9. The van der Waals surface area contributed by atoms with Crippen molar-refractivity contribution in [1.82, 2.24) is 19.7 Å². The van der Waals surface area contributed by atoms with Gasteiger partial charge in [0.25, 0.3) is 0 Å². The number of amides is 1. The molecular formula is C25H35ClN4O3. The number of carbonyl (C=O) groups is 1. The van der Waals surface area contributed by atoms with Crippen molar-refractivity contribution in [1.29, 1.82) is 0 Å². The Morgan fingerprint density at radius 3 is 2.58 bits per heavy atom. The molecule has 1 aliphatic heterocycles. The van der Waals surface area contributed by atoms with Gasteiger partial charge in [0.1, 0.15) is 11.4 Å². The average Bonchev–Trinajstić information content (AvgIpc) is 3.08. The van der Waals surface area contributed by atoms with E-state index in [9.17, 15) is 4.79 Å². The fraction of sp³-hybridized carbons (Fsp3) is 0.640. The second-order valence-electron chi connectivity index (χ2n) is 10.2. The van der Waals surface area contributed by atoms with Gasteiger partial charge in [-0.25, -0.2) is 4.79 Å². The highest BCUT2D eigenvalue weighted by molar-refractivity contribution is 6.30. The second-order valence-corrected chi connectivity index (χ2v) is 10.7. The summed E-state index contributed by atoms with van der Waals surface area (Å²) in [6.45, 7) is 10.7. The van der Waals surface area contributed by atoms with E-state index in [1.165, 1.54) is 0 Å². The molecule has 0 spiro atoms. The molecule has 0 N–H and O–H groups in total. The van der Waals surface area contributed by atoms with Crippen molar-refractivity contribution in [2.24, 2.45) is 0 Å². The molecule has 1 saturated carbocycles. The Morgan fingerprint density at radius 2 is 1.91 bits per heavy atom. The fourth-order valence-electron chi connectivity index (χ4n) is 4.63. The minimum atomic E-state index is -0.574. The van der Waals surface area contributed by atoms with E-state index >= 15 is 0 Å². The van der Waals surface area contributed by atoms with Crippen molar-refractivity contribution < 1.29 is 14.3 Å². The molecule has 1 aromatic carbocycles. The molecule has 2 aromatic rings. The SMILES string of the molecule is CCC(C)O[C@H]1CC[C@H](c2nnc3n2-c2ccc(Cl)cc2CN(C(=O)OC(C)(C)C)C3)CC1. The number of rotatable bonds is 4. The highest BCUT2D eigenvalue weighted by Crippen LogP contribution is 2.37. The summed E-state index contributed by atoms with van der Waals surface area (Å²) >= 11 is 6.33. The lowest BCUT2D eigenvalue weighted by atomic mass is 9.86. The van der Waals surface area contributed by atoms with E-state index in [4.69, 9.17) is 21.1 Å². The van der Waals surface area contributed by atoms with E-state index in [0.717, 1.165) is 55.0 Å². The molecule has 1 unspecified atom stereocenters. The predicted molar refractivity (Wildman–Crippen MR) is 128 cm³/mol. The van der Waals surface area contributed by atoms with Crippen LogP contribution in [-0.2, 0) is 22.6 Å². The summed E-state index contributed by atoms with van der Waals surface area (Å²) in [5.74, 6) is 2.01. The normalized spacial score (nSPS) is 21.7. The van der Waals surface area contributed by atoms with Crippen LogP contribution in [0.5, 0.6) is 0 Å². The maximum Gasteiger partial charge on any atom is 0.411 e. The van der Waals surface area contributed by atoms with Gasteiger partial charge in [-0.3, -0.25) is 9.47 Å². The van der Waals surface area contributed by atoms with E-state index in [1.807, 2.05) is 39.0 Å². The van der Waals surface area contributed by atoms with Crippen LogP contribution in [-0.4, -0.2) is 43.6 Å². The Morgan fingerprint density at radius 1 is 1.18 bits per heavy atom. The summed E-state index contributed by atoms with van der Waals surface area (Å²) in [7, 11) is 0. The van der Waals surface area contributed by atoms with E-state index in [-0.39, 0.29) is 6.09 Å². The van der Waals surface area contributed by atoms with Gasteiger partial charge in [0.2, 0.25) is 0 Å². The van der Waals surface area contributed by atoms with Crippen molar-refractivity contribution in [3.63, 3.8) is 0 Å². The molecule has 0 radical (unpaired) electrons. The van der Waals surface area contributed by atoms with Crippen LogP contribution in [0.3, 0.4) is 0 Å². The van der Waals surface area contributed by atoms with Crippen LogP contribution in [0.15, 0.2) is 18.2 Å². The number of benzene rings is 1. The number of fused-ring (bicyclic) bond motifs is 3. The third-order valence-corrected chi connectivity index (χ3v) is 6.66. The Labute approximate surface area is 201 Å². The van der Waals surface area contributed by atoms with Crippen molar-refractivity contribution in [3.8, 4) is 5.69 Å². The lowest BCUT2D eigenvalue weighted by molar-refractivity contribution is -0.0251. The zero-order valence-electron chi connectivity index (χ0n) is 20.3. The minimum Gasteiger partial charge on any atom is -0.444 e. The quantitative estimate of drug-likeness (QED) is 0.542. The van der Waals surface area contributed by atoms with Crippen LogP contribution < -0.4 is 0 Å². The summed E-state index contributed by atoms with van der Waals surface area (Å²) in [4.78, 5) is 14.6. The average molecular weight is 475 g/mol. The van der Waals surface area contributed by atoms with E-state index in [1.54, 1.807) is 4.90 Å². The molecule has 1 amide bonds. The fourth-order valence-corrected chi connectivity index (χ4v) is 4.82. The highest BCUT2D eigenvalue weighted by Gasteiger charge is 2.33. The molecule has 1 atom stereocenters. The summed E-state index contributed by atoms with van der Waals surface area (Å²) in [6, 6.07) is 5.81. The molecular weight excluding hydrogens is 440 g/mol. The van der Waals surface area contributed by atoms with Crippen molar-refractivity contribution in [2.75, 3.05) is 0 Å². The third kappa shape index (κ3) is 5.52. The Kier molecular flexibility index (Phi) is 7.01. The molecule has 180 valence electrons. The van der Waals surface area contributed by atoms with Gasteiger partial charge in [0.15, 0.2) is 5.82 Å². The first-order valence-corrected chi connectivity index (χ1v) is 12.4. The van der Waals surface area contributed by atoms with Gasteiger partial charge < -0.3 is 9.47 Å². The number of ether oxygens (including phenoxy) is 2. The summed E-state index contributed by atoms with van der Waals surface area (Å²) < 4.78 is 14.0. The maximum absolute atomic E-state index is 12.9. The Bertz CT molecular complexity index is 992. The van der Waals surface area contributed by atoms with Crippen molar-refractivity contribution in [2.45, 2.75) is 104 Å². The monoisotopic (exact) mass is 474 g/mol. The molecule has 1 fully saturated rings. The zero-order chi connectivity index (χ0) is 23.8. The number of nitrogens with zero attached hydrogens (tertiary/aromatic N) is 4. The van der Waals surface area contributed by atoms with E-state index in [2.05, 4.69) is 28.6 Å². The van der Waals surface area contributed by atoms with Gasteiger partial charge in [-0.2, -0.15) is 0 Å². The molecule has 2 heterocycles. The van der Waals surface area contributed by atoms with Crippen LogP contribution >= 0.6 is 11.6 Å². The van der Waals surface area contributed by atoms with Crippen LogP contribution in [0, 0.1) is 0 Å². The van der Waals surface area contributed by atoms with Crippen molar-refractivity contribution in [3.05, 3.63) is 40.4 Å². The summed E-state index contributed by atoms with van der Waals surface area (Å²) in [5, 5.41) is 9.78. The van der Waals surface area contributed by atoms with Gasteiger partial charge >= 0.3 is 6.09 Å². The van der Waals surface area contributed by atoms with Crippen molar-refractivity contribution >= 4 is 17.7 Å². The van der Waals surface area contributed by atoms with Gasteiger partial charge in [-0.05, 0) is 83.6 Å². The predicted octanol–water partition coefficient (Wildman–Crippen LogP) is 6.01. The van der Waals surface area contributed by atoms with E-state index < -0.39 is 5.60 Å². The molecule has 0 saturated heterocycles. The molecule has 4 rings (SSSR count). The lowest BCUT2D eigenvalue weighted by Gasteiger charge is -2.30. The first kappa shape index (κ1) is 24.0. The molecule has 2 aliphatic rings. The van der Waals surface area contributed by atoms with Gasteiger partial charge in [-0.15, -0.1) is 10.2 Å². The molecule has 1 aliphatic carbocycles. The molecule has 8 heteroatoms. The number of carbonyl (C=O) groups excluding carboxylic acids is 1. The van der Waals surface area contributed by atoms with Crippen LogP contribution in [0.1, 0.15) is 89.9 Å². The van der Waals surface area contributed by atoms with Crippen LogP contribution in [0.25, 0.3) is 5.69 Å². The number of hydrogen-bond acceptors (Lipinski definition) is 5. The smallest absolute Gasteiger partial charge is 0.411 e. The number of halogens is 1. The lowest BCUT2D eigenvalue weighted by Crippen LogP contribution is -2.35. The van der Waals surface area contributed by atoms with E-state index in [0.29, 0.717) is 36.2 Å². The third-order valence-electron chi connectivity index (χ3n) is 6.42. The first-order valence-electron chi connectivity index (χ1n) is 12.0.